The molecular formula is C17H22N2O2. The summed E-state index contributed by atoms with van der Waals surface area (Å²) in [5.74, 6) is 0.979. The molecule has 2 aromatic rings. The Kier molecular flexibility index (Phi) is 3.95. The van der Waals surface area contributed by atoms with Crippen LogP contribution in [0.15, 0.2) is 18.2 Å². The summed E-state index contributed by atoms with van der Waals surface area (Å²) >= 11 is 0. The van der Waals surface area contributed by atoms with Gasteiger partial charge in [-0.1, -0.05) is 32.3 Å². The van der Waals surface area contributed by atoms with Crippen LogP contribution >= 0.6 is 0 Å². The maximum atomic E-state index is 11.4. The van der Waals surface area contributed by atoms with E-state index in [1.807, 2.05) is 12.1 Å². The lowest BCUT2D eigenvalue weighted by Gasteiger charge is -2.25. The maximum absolute atomic E-state index is 11.4. The first kappa shape index (κ1) is 14.1. The van der Waals surface area contributed by atoms with Gasteiger partial charge in [-0.05, 0) is 30.9 Å². The Morgan fingerprint density at radius 1 is 1.43 bits per heavy atom. The van der Waals surface area contributed by atoms with Gasteiger partial charge in [0.15, 0.2) is 0 Å². The summed E-state index contributed by atoms with van der Waals surface area (Å²) in [4.78, 5) is 16.0. The number of hydrogen-bond donors (Lipinski definition) is 1. The van der Waals surface area contributed by atoms with Crippen LogP contribution in [0.2, 0.25) is 0 Å². The monoisotopic (exact) mass is 286 g/mol. The van der Waals surface area contributed by atoms with E-state index in [4.69, 9.17) is 0 Å². The van der Waals surface area contributed by atoms with Crippen molar-refractivity contribution < 1.29 is 9.90 Å². The van der Waals surface area contributed by atoms with Gasteiger partial charge in [-0.2, -0.15) is 0 Å². The lowest BCUT2D eigenvalue weighted by atomic mass is 9.83. The smallest absolute Gasteiger partial charge is 0.337 e. The molecule has 0 bridgehead atoms. The molecule has 0 unspecified atom stereocenters. The fraction of sp³-hybridized carbons (Fsp3) is 0.529. The standard InChI is InChI=1S/C17H22N2O2/c1-2-5-15-18-16-13(17(20)21)8-4-9-14(16)19(15)11-10-12-6-3-7-12/h4,8-9,12H,2-3,5-7,10-11H2,1H3,(H,20,21). The van der Waals surface area contributed by atoms with Crippen molar-refractivity contribution in [2.75, 3.05) is 0 Å². The number of rotatable bonds is 6. The minimum Gasteiger partial charge on any atom is -0.478 e. The number of carboxylic acid groups (broad SMARTS) is 1. The largest absolute Gasteiger partial charge is 0.478 e. The minimum absolute atomic E-state index is 0.312. The first-order valence-corrected chi connectivity index (χ1v) is 7.92. The predicted molar refractivity (Wildman–Crippen MR) is 82.6 cm³/mol. The second-order valence-corrected chi connectivity index (χ2v) is 5.99. The van der Waals surface area contributed by atoms with E-state index in [0.717, 1.165) is 36.6 Å². The van der Waals surface area contributed by atoms with Crippen molar-refractivity contribution in [3.05, 3.63) is 29.6 Å². The van der Waals surface area contributed by atoms with E-state index < -0.39 is 5.97 Å². The fourth-order valence-electron chi connectivity index (χ4n) is 3.12. The van der Waals surface area contributed by atoms with Crippen LogP contribution in [-0.4, -0.2) is 20.6 Å². The van der Waals surface area contributed by atoms with Gasteiger partial charge in [0.2, 0.25) is 0 Å². The highest BCUT2D eigenvalue weighted by atomic mass is 16.4. The Morgan fingerprint density at radius 2 is 2.24 bits per heavy atom. The molecule has 1 saturated carbocycles. The zero-order chi connectivity index (χ0) is 14.8. The predicted octanol–water partition coefficient (Wildman–Crippen LogP) is 3.88. The van der Waals surface area contributed by atoms with Crippen molar-refractivity contribution in [1.82, 2.24) is 9.55 Å². The number of aromatic nitrogens is 2. The molecule has 4 nitrogen and oxygen atoms in total. The van der Waals surface area contributed by atoms with Crippen molar-refractivity contribution in [2.24, 2.45) is 5.92 Å². The summed E-state index contributed by atoms with van der Waals surface area (Å²) in [6.07, 6.45) is 7.15. The average Bonchev–Trinajstić information content (AvgIpc) is 2.75. The van der Waals surface area contributed by atoms with Gasteiger partial charge >= 0.3 is 5.97 Å². The van der Waals surface area contributed by atoms with Gasteiger partial charge in [-0.3, -0.25) is 0 Å². The van der Waals surface area contributed by atoms with Crippen molar-refractivity contribution in [3.63, 3.8) is 0 Å². The van der Waals surface area contributed by atoms with Gasteiger partial charge in [0.1, 0.15) is 11.3 Å². The van der Waals surface area contributed by atoms with Crippen LogP contribution in [0, 0.1) is 5.92 Å². The molecule has 0 radical (unpaired) electrons. The molecule has 0 spiro atoms. The maximum Gasteiger partial charge on any atom is 0.337 e. The number of aryl methyl sites for hydroxylation is 2. The van der Waals surface area contributed by atoms with Gasteiger partial charge in [-0.25, -0.2) is 9.78 Å². The molecule has 0 amide bonds. The molecule has 0 saturated heterocycles. The van der Waals surface area contributed by atoms with Crippen LogP contribution in [0.25, 0.3) is 11.0 Å². The number of nitrogens with zero attached hydrogens (tertiary/aromatic N) is 2. The minimum atomic E-state index is -0.896. The molecule has 21 heavy (non-hydrogen) atoms. The first-order chi connectivity index (χ1) is 10.2. The Bertz CT molecular complexity index is 656. The van der Waals surface area contributed by atoms with Crippen LogP contribution < -0.4 is 0 Å². The van der Waals surface area contributed by atoms with Gasteiger partial charge < -0.3 is 9.67 Å². The highest BCUT2D eigenvalue weighted by Crippen LogP contribution is 2.31. The van der Waals surface area contributed by atoms with E-state index in [0.29, 0.717) is 11.1 Å². The van der Waals surface area contributed by atoms with Crippen molar-refractivity contribution in [2.45, 2.75) is 52.0 Å². The van der Waals surface area contributed by atoms with Crippen molar-refractivity contribution >= 4 is 17.0 Å². The summed E-state index contributed by atoms with van der Waals surface area (Å²) in [6.45, 7) is 3.09. The summed E-state index contributed by atoms with van der Waals surface area (Å²) < 4.78 is 2.24. The zero-order valence-corrected chi connectivity index (χ0v) is 12.5. The second-order valence-electron chi connectivity index (χ2n) is 5.99. The number of fused-ring (bicyclic) bond motifs is 1. The fourth-order valence-corrected chi connectivity index (χ4v) is 3.12. The Hall–Kier alpha value is -1.84. The van der Waals surface area contributed by atoms with Gasteiger partial charge in [0, 0.05) is 13.0 Å². The Labute approximate surface area is 124 Å². The summed E-state index contributed by atoms with van der Waals surface area (Å²) in [6, 6.07) is 5.46. The van der Waals surface area contributed by atoms with E-state index in [9.17, 15) is 9.90 Å². The van der Waals surface area contributed by atoms with E-state index in [1.54, 1.807) is 6.07 Å². The Morgan fingerprint density at radius 3 is 2.86 bits per heavy atom. The highest BCUT2D eigenvalue weighted by Gasteiger charge is 2.20. The van der Waals surface area contributed by atoms with Gasteiger partial charge in [-0.15, -0.1) is 0 Å². The Balaban J connectivity index is 1.99. The van der Waals surface area contributed by atoms with Crippen LogP contribution in [0.1, 0.15) is 55.2 Å². The number of carbonyl (C=O) groups is 1. The van der Waals surface area contributed by atoms with Crippen molar-refractivity contribution in [1.29, 1.82) is 0 Å². The quantitative estimate of drug-likeness (QED) is 0.876. The van der Waals surface area contributed by atoms with Crippen LogP contribution in [0.3, 0.4) is 0 Å². The molecule has 1 heterocycles. The van der Waals surface area contributed by atoms with Crippen LogP contribution in [0.5, 0.6) is 0 Å². The molecule has 112 valence electrons. The molecule has 4 heteroatoms. The third-order valence-electron chi connectivity index (χ3n) is 4.55. The van der Waals surface area contributed by atoms with E-state index in [1.165, 1.54) is 25.7 Å². The summed E-state index contributed by atoms with van der Waals surface area (Å²) in [7, 11) is 0. The summed E-state index contributed by atoms with van der Waals surface area (Å²) in [5.41, 5.74) is 1.92. The number of para-hydroxylation sites is 1. The molecule has 0 aliphatic heterocycles. The molecule has 1 aromatic heterocycles. The zero-order valence-electron chi connectivity index (χ0n) is 12.5. The molecule has 1 fully saturated rings. The lowest BCUT2D eigenvalue weighted by molar-refractivity contribution is 0.0699. The van der Waals surface area contributed by atoms with E-state index in [-0.39, 0.29) is 0 Å². The molecule has 0 atom stereocenters. The molecule has 1 aliphatic carbocycles. The topological polar surface area (TPSA) is 55.1 Å². The van der Waals surface area contributed by atoms with Gasteiger partial charge in [0.05, 0.1) is 11.1 Å². The molecule has 1 aromatic carbocycles. The number of benzene rings is 1. The third kappa shape index (κ3) is 2.67. The van der Waals surface area contributed by atoms with Gasteiger partial charge in [0.25, 0.3) is 0 Å². The molecule has 3 rings (SSSR count). The number of imidazole rings is 1. The van der Waals surface area contributed by atoms with E-state index in [2.05, 4.69) is 16.5 Å². The van der Waals surface area contributed by atoms with Crippen LogP contribution in [0.4, 0.5) is 0 Å². The summed E-state index contributed by atoms with van der Waals surface area (Å²) in [5, 5.41) is 9.33. The normalized spacial score (nSPS) is 15.3. The SMILES string of the molecule is CCCc1nc2c(C(=O)O)cccc2n1CCC1CCC1. The molecular weight excluding hydrogens is 264 g/mol. The van der Waals surface area contributed by atoms with Crippen LogP contribution in [-0.2, 0) is 13.0 Å². The first-order valence-electron chi connectivity index (χ1n) is 7.92. The van der Waals surface area contributed by atoms with Crippen molar-refractivity contribution in [3.8, 4) is 0 Å². The number of carboxylic acids is 1. The highest BCUT2D eigenvalue weighted by molar-refractivity contribution is 6.01. The van der Waals surface area contributed by atoms with E-state index >= 15 is 0 Å². The average molecular weight is 286 g/mol. The molecule has 1 aliphatic rings. The third-order valence-corrected chi connectivity index (χ3v) is 4.55. The lowest BCUT2D eigenvalue weighted by Crippen LogP contribution is -2.15. The number of aromatic carboxylic acids is 1. The number of hydrogen-bond acceptors (Lipinski definition) is 2. The second kappa shape index (κ2) is 5.88. The molecule has 1 N–H and O–H groups in total.